The minimum atomic E-state index is -0.847. The van der Waals surface area contributed by atoms with Crippen molar-refractivity contribution >= 4 is 37.9 Å². The number of hydrogen-bond acceptors (Lipinski definition) is 12. The SMILES string of the molecule is COC(=O)[C@@H]1CC(=O)CN1C(=O)C(c1ccccc1)c1ccccc1.COC(=O)[C@@H]1C[C@H](N2CCC[C@@H]3CN(Cc4ccccc4)C[C@@H]32)CN1C(=O)C(c1ccccc1)c1ccccc1.[B].[C-]#N.[Na+].c1ccc(CN2C[C@H]3CCCN[C@H]3C2)cc1. The molecule has 3 radical (unpaired) electrons. The largest absolute Gasteiger partial charge is 1.00 e. The van der Waals surface area contributed by atoms with Crippen LogP contribution in [0.15, 0.2) is 182 Å². The molecule has 14 nitrogen and oxygen atoms in total. The maximum absolute atomic E-state index is 14.4. The third-order valence-corrected chi connectivity index (χ3v) is 17.5. The molecule has 6 aliphatic heterocycles. The van der Waals surface area contributed by atoms with E-state index in [-0.39, 0.29) is 80.5 Å². The molecule has 435 valence electrons. The van der Waals surface area contributed by atoms with Crippen molar-refractivity contribution in [2.45, 2.75) is 93.7 Å². The Bertz CT molecular complexity index is 2970. The minimum absolute atomic E-state index is 0. The Morgan fingerprint density at radius 2 is 0.976 bits per heavy atom. The van der Waals surface area contributed by atoms with Gasteiger partial charge in [0.2, 0.25) is 11.8 Å². The van der Waals surface area contributed by atoms with Gasteiger partial charge in [0.05, 0.1) is 32.6 Å². The number of nitrogens with one attached hydrogen (secondary N) is 1. The molecule has 0 bridgehead atoms. The number of amides is 2. The fourth-order valence-electron chi connectivity index (χ4n) is 13.6. The number of methoxy groups -OCH3 is 2. The number of piperidine rings is 2. The number of esters is 2. The van der Waals surface area contributed by atoms with Gasteiger partial charge in [-0.1, -0.05) is 182 Å². The summed E-state index contributed by atoms with van der Waals surface area (Å²) in [7, 11) is 2.69. The van der Waals surface area contributed by atoms with Crippen LogP contribution in [-0.4, -0.2) is 159 Å². The van der Waals surface area contributed by atoms with Crippen molar-refractivity contribution in [2.75, 3.05) is 66.6 Å². The fraction of sp³-hybridized carbons (Fsp3) is 0.391. The van der Waals surface area contributed by atoms with Crippen molar-refractivity contribution in [2.24, 2.45) is 11.8 Å². The molecule has 0 aromatic heterocycles. The number of carbonyl (C=O) groups is 5. The fourth-order valence-corrected chi connectivity index (χ4v) is 13.6. The molecule has 2 amide bonds. The molecule has 85 heavy (non-hydrogen) atoms. The van der Waals surface area contributed by atoms with Crippen molar-refractivity contribution in [3.8, 4) is 0 Å². The van der Waals surface area contributed by atoms with Crippen molar-refractivity contribution in [1.29, 1.82) is 5.26 Å². The summed E-state index contributed by atoms with van der Waals surface area (Å²) >= 11 is 0. The van der Waals surface area contributed by atoms with Gasteiger partial charge in [-0.25, -0.2) is 9.59 Å². The van der Waals surface area contributed by atoms with Gasteiger partial charge in [0, 0.05) is 78.8 Å². The number of hydrogen-bond donors (Lipinski definition) is 1. The standard InChI is InChI=1S/C34H39N3O3.C20H19NO4.C14H20N2.CN.B.Na/c1-40-34(39)30-20-29(36-19-11-18-28-22-35(24-31(28)36)21-25-12-5-2-6-13-25)23-37(30)33(38)32(26-14-7-3-8-15-26)27-16-9-4-10-17-27;1-25-20(24)17-12-16(22)13-21(17)19(23)18(14-8-4-2-5-9-14)15-10-6-3-7-11-15;1-2-5-12(6-3-1)9-16-10-13-7-4-8-15-14(13)11-16;1-2;;/h2-10,12-17,28-32H,11,18-24H2,1H3;2-11,17-18H,12-13H2,1H3;1-3,5-6,13-15H,4,7-11H2;;;/q;;;-1;;+1/t28-,29+,30+,31+;17-;13-,14+;;;/m101.../s1. The Balaban J connectivity index is 0.000000196. The Kier molecular flexibility index (Phi) is 25.3. The molecule has 0 aliphatic carbocycles. The number of benzene rings is 6. The first kappa shape index (κ1) is 65.8. The molecule has 0 unspecified atom stereocenters. The van der Waals surface area contributed by atoms with E-state index in [4.69, 9.17) is 21.3 Å². The van der Waals surface area contributed by atoms with Gasteiger partial charge < -0.3 is 36.4 Å². The number of likely N-dealkylation sites (tertiary alicyclic amines) is 5. The van der Waals surface area contributed by atoms with Crippen LogP contribution in [0.1, 0.15) is 83.7 Å². The first-order valence-corrected chi connectivity index (χ1v) is 29.4. The summed E-state index contributed by atoms with van der Waals surface area (Å²) in [4.78, 5) is 75.6. The second-order valence-electron chi connectivity index (χ2n) is 22.7. The molecule has 6 fully saturated rings. The molecule has 6 aromatic rings. The third-order valence-electron chi connectivity index (χ3n) is 17.5. The van der Waals surface area contributed by atoms with E-state index in [1.54, 1.807) is 0 Å². The maximum Gasteiger partial charge on any atom is 1.00 e. The number of rotatable bonds is 13. The minimum Gasteiger partial charge on any atom is -0.512 e. The summed E-state index contributed by atoms with van der Waals surface area (Å²) in [5.74, 6) is -0.808. The smallest absolute Gasteiger partial charge is 0.512 e. The number of Topliss-reactive ketones (excluding diaryl/α,β-unsaturated/α-hetero) is 1. The molecule has 6 heterocycles. The van der Waals surface area contributed by atoms with Gasteiger partial charge in [0.25, 0.3) is 0 Å². The molecule has 1 N–H and O–H groups in total. The topological polar surface area (TPSA) is 156 Å². The van der Waals surface area contributed by atoms with Crippen LogP contribution in [0.25, 0.3) is 0 Å². The van der Waals surface area contributed by atoms with Crippen LogP contribution < -0.4 is 34.9 Å². The van der Waals surface area contributed by atoms with Crippen molar-refractivity contribution < 1.29 is 63.0 Å². The quantitative estimate of drug-likeness (QED) is 0.0906. The second kappa shape index (κ2) is 32.7. The summed E-state index contributed by atoms with van der Waals surface area (Å²) in [6.07, 6.45) is 5.81. The molecule has 7 atom stereocenters. The van der Waals surface area contributed by atoms with Crippen LogP contribution in [0.4, 0.5) is 0 Å². The Morgan fingerprint density at radius 1 is 0.553 bits per heavy atom. The monoisotopic (exact) mass is 1150 g/mol. The number of nitrogens with zero attached hydrogens (tertiary/aromatic N) is 6. The van der Waals surface area contributed by atoms with Gasteiger partial charge in [-0.05, 0) is 90.4 Å². The summed E-state index contributed by atoms with van der Waals surface area (Å²) < 4.78 is 10.0. The van der Waals surface area contributed by atoms with Crippen LogP contribution >= 0.6 is 0 Å². The Labute approximate surface area is 526 Å². The molecule has 16 heteroatoms. The van der Waals surface area contributed by atoms with Crippen LogP contribution in [0.5, 0.6) is 0 Å². The normalized spacial score (nSPS) is 22.6. The summed E-state index contributed by atoms with van der Waals surface area (Å²) in [6.45, 7) is 14.2. The number of fused-ring (bicyclic) bond motifs is 2. The molecular formula is C69H78BN7NaO7. The van der Waals surface area contributed by atoms with E-state index in [2.05, 4.69) is 80.7 Å². The van der Waals surface area contributed by atoms with Gasteiger partial charge in [0.15, 0.2) is 5.78 Å². The van der Waals surface area contributed by atoms with Gasteiger partial charge >= 0.3 is 41.5 Å². The molecule has 0 saturated carbocycles. The van der Waals surface area contributed by atoms with Gasteiger partial charge in [0.1, 0.15) is 12.1 Å². The average Bonchev–Trinajstić information content (AvgIpc) is 4.44. The van der Waals surface area contributed by atoms with Crippen molar-refractivity contribution in [1.82, 2.24) is 29.8 Å². The van der Waals surface area contributed by atoms with E-state index in [9.17, 15) is 24.0 Å². The zero-order valence-electron chi connectivity index (χ0n) is 49.4. The van der Waals surface area contributed by atoms with E-state index >= 15 is 0 Å². The number of ketones is 1. The first-order chi connectivity index (χ1) is 40.6. The molecule has 6 aliphatic rings. The maximum atomic E-state index is 14.4. The van der Waals surface area contributed by atoms with Crippen LogP contribution in [0.3, 0.4) is 0 Å². The zero-order valence-corrected chi connectivity index (χ0v) is 51.4. The van der Waals surface area contributed by atoms with E-state index in [1.165, 1.54) is 69.1 Å². The summed E-state index contributed by atoms with van der Waals surface area (Å²) in [6, 6.07) is 60.0. The van der Waals surface area contributed by atoms with Gasteiger partial charge in [-0.15, -0.1) is 0 Å². The average molecular weight is 1150 g/mol. The van der Waals surface area contributed by atoms with E-state index < -0.39 is 29.9 Å². The Hall–Kier alpha value is -6.74. The first-order valence-electron chi connectivity index (χ1n) is 29.4. The third kappa shape index (κ3) is 16.6. The molecule has 6 saturated heterocycles. The van der Waals surface area contributed by atoms with E-state index in [0.29, 0.717) is 24.9 Å². The van der Waals surface area contributed by atoms with E-state index in [0.717, 1.165) is 73.4 Å². The van der Waals surface area contributed by atoms with E-state index in [1.807, 2.05) is 126 Å². The number of carbonyl (C=O) groups excluding carboxylic acids is 5. The number of ether oxygens (including phenoxy) is 2. The van der Waals surface area contributed by atoms with Crippen molar-refractivity contribution in [3.05, 3.63) is 222 Å². The predicted octanol–water partition coefficient (Wildman–Crippen LogP) is 5.31. The Morgan fingerprint density at radius 3 is 1.45 bits per heavy atom. The summed E-state index contributed by atoms with van der Waals surface area (Å²) in [5.41, 5.74) is 6.32. The van der Waals surface area contributed by atoms with Gasteiger partial charge in [-0.3, -0.25) is 29.1 Å². The zero-order chi connectivity index (χ0) is 58.1. The van der Waals surface area contributed by atoms with Crippen LogP contribution in [0, 0.1) is 23.7 Å². The van der Waals surface area contributed by atoms with Crippen molar-refractivity contribution in [3.63, 3.8) is 0 Å². The summed E-state index contributed by atoms with van der Waals surface area (Å²) in [5, 5.41) is 9.91. The molecule has 0 spiro atoms. The van der Waals surface area contributed by atoms with Gasteiger partial charge in [-0.2, -0.15) is 0 Å². The van der Waals surface area contributed by atoms with Crippen LogP contribution in [0.2, 0.25) is 0 Å². The van der Waals surface area contributed by atoms with Crippen LogP contribution in [-0.2, 0) is 46.5 Å². The predicted molar refractivity (Wildman–Crippen MR) is 324 cm³/mol. The molecule has 6 aromatic carbocycles. The second-order valence-corrected chi connectivity index (χ2v) is 22.7. The molecular weight excluding hydrogens is 1070 g/mol. The molecule has 12 rings (SSSR count).